The molecule has 0 unspecified atom stereocenters. The molecule has 0 aliphatic carbocycles. The fraction of sp³-hybridized carbons (Fsp3) is 0. The van der Waals surface area contributed by atoms with E-state index in [4.69, 9.17) is 4.99 Å². The third-order valence-electron chi connectivity index (χ3n) is 4.09. The van der Waals surface area contributed by atoms with Crippen LogP contribution in [0.5, 0.6) is 0 Å². The highest BCUT2D eigenvalue weighted by atomic mass is 16.1. The molecule has 0 spiro atoms. The number of benzene rings is 3. The molecule has 0 amide bonds. The average molecular weight is 324 g/mol. The zero-order valence-electron chi connectivity index (χ0n) is 13.5. The summed E-state index contributed by atoms with van der Waals surface area (Å²) in [7, 11) is 0. The van der Waals surface area contributed by atoms with Gasteiger partial charge in [0.1, 0.15) is 0 Å². The van der Waals surface area contributed by atoms with Crippen LogP contribution in [0.4, 0.5) is 5.69 Å². The van der Waals surface area contributed by atoms with E-state index in [1.165, 1.54) is 0 Å². The first-order chi connectivity index (χ1) is 12.3. The molecule has 1 aromatic heterocycles. The Morgan fingerprint density at radius 2 is 1.40 bits per heavy atom. The second-order valence-electron chi connectivity index (χ2n) is 5.77. The van der Waals surface area contributed by atoms with Gasteiger partial charge < -0.3 is 4.98 Å². The van der Waals surface area contributed by atoms with Crippen LogP contribution in [0.15, 0.2) is 101 Å². The highest BCUT2D eigenvalue weighted by Crippen LogP contribution is 2.22. The maximum atomic E-state index is 11.9. The number of aromatic nitrogens is 1. The van der Waals surface area contributed by atoms with E-state index in [0.29, 0.717) is 5.39 Å². The Bertz CT molecular complexity index is 1060. The largest absolute Gasteiger partial charge is 0.329 e. The van der Waals surface area contributed by atoms with Crippen LogP contribution in [0.1, 0.15) is 11.1 Å². The molecule has 0 atom stereocenters. The lowest BCUT2D eigenvalue weighted by atomic mass is 10.0. The Morgan fingerprint density at radius 1 is 0.760 bits per heavy atom. The van der Waals surface area contributed by atoms with Crippen molar-refractivity contribution in [2.24, 2.45) is 4.99 Å². The molecule has 0 saturated heterocycles. The average Bonchev–Trinajstić information content (AvgIpc) is 2.68. The lowest BCUT2D eigenvalue weighted by molar-refractivity contribution is 1.28. The Morgan fingerprint density at radius 3 is 2.04 bits per heavy atom. The molecular weight excluding hydrogens is 308 g/mol. The monoisotopic (exact) mass is 324 g/mol. The molecule has 4 aromatic rings. The predicted molar refractivity (Wildman–Crippen MR) is 103 cm³/mol. The van der Waals surface area contributed by atoms with Crippen LogP contribution in [-0.4, -0.2) is 10.7 Å². The summed E-state index contributed by atoms with van der Waals surface area (Å²) in [6, 6.07) is 27.8. The highest BCUT2D eigenvalue weighted by Gasteiger charge is 2.07. The van der Waals surface area contributed by atoms with E-state index in [2.05, 4.69) is 29.2 Å². The Labute approximate surface area is 145 Å². The first kappa shape index (κ1) is 15.1. The first-order valence-electron chi connectivity index (χ1n) is 8.12. The van der Waals surface area contributed by atoms with Crippen molar-refractivity contribution in [3.63, 3.8) is 0 Å². The van der Waals surface area contributed by atoms with Crippen molar-refractivity contribution >= 4 is 22.2 Å². The molecule has 0 bridgehead atoms. The number of aromatic amines is 1. The van der Waals surface area contributed by atoms with Gasteiger partial charge in [-0.2, -0.15) is 0 Å². The van der Waals surface area contributed by atoms with Crippen LogP contribution < -0.4 is 5.56 Å². The van der Waals surface area contributed by atoms with Crippen LogP contribution in [0.3, 0.4) is 0 Å². The standard InChI is InChI=1S/C22H16N2O/c25-22-20-12-11-19(15-18(20)13-14-23-22)24-21(16-7-3-1-4-8-16)17-9-5-2-6-10-17/h1-15H,(H,23,25). The molecule has 0 aliphatic heterocycles. The number of hydrogen-bond donors (Lipinski definition) is 1. The van der Waals surface area contributed by atoms with Crippen molar-refractivity contribution in [3.05, 3.63) is 113 Å². The minimum absolute atomic E-state index is 0.0839. The number of pyridine rings is 1. The quantitative estimate of drug-likeness (QED) is 0.546. The van der Waals surface area contributed by atoms with Gasteiger partial charge in [0.15, 0.2) is 0 Å². The molecule has 4 rings (SSSR count). The first-order valence-corrected chi connectivity index (χ1v) is 8.12. The van der Waals surface area contributed by atoms with E-state index in [0.717, 1.165) is 27.9 Å². The van der Waals surface area contributed by atoms with Gasteiger partial charge in [0.2, 0.25) is 0 Å². The fourth-order valence-electron chi connectivity index (χ4n) is 2.87. The number of nitrogens with one attached hydrogen (secondary N) is 1. The predicted octanol–water partition coefficient (Wildman–Crippen LogP) is 4.70. The summed E-state index contributed by atoms with van der Waals surface area (Å²) in [5.41, 5.74) is 3.75. The number of aliphatic imine (C=N–C) groups is 1. The van der Waals surface area contributed by atoms with Gasteiger partial charge in [-0.25, -0.2) is 4.99 Å². The summed E-state index contributed by atoms with van der Waals surface area (Å²) in [5.74, 6) is 0. The molecule has 1 N–H and O–H groups in total. The number of rotatable bonds is 3. The second kappa shape index (κ2) is 6.57. The molecule has 0 fully saturated rings. The summed E-state index contributed by atoms with van der Waals surface area (Å²) >= 11 is 0. The van der Waals surface area contributed by atoms with Crippen molar-refractivity contribution in [2.45, 2.75) is 0 Å². The van der Waals surface area contributed by atoms with Gasteiger partial charge in [0, 0.05) is 22.7 Å². The number of nitrogens with zero attached hydrogens (tertiary/aromatic N) is 1. The van der Waals surface area contributed by atoms with E-state index in [1.54, 1.807) is 6.20 Å². The molecule has 120 valence electrons. The molecule has 3 aromatic carbocycles. The van der Waals surface area contributed by atoms with Crippen LogP contribution in [0.25, 0.3) is 10.8 Å². The topological polar surface area (TPSA) is 45.2 Å². The molecule has 3 heteroatoms. The molecule has 0 saturated carbocycles. The summed E-state index contributed by atoms with van der Waals surface area (Å²) < 4.78 is 0. The zero-order chi connectivity index (χ0) is 17.1. The van der Waals surface area contributed by atoms with Crippen LogP contribution in [-0.2, 0) is 0 Å². The van der Waals surface area contributed by atoms with Gasteiger partial charge in [0.25, 0.3) is 5.56 Å². The third kappa shape index (κ3) is 3.12. The van der Waals surface area contributed by atoms with Crippen molar-refractivity contribution in [2.75, 3.05) is 0 Å². The lowest BCUT2D eigenvalue weighted by Crippen LogP contribution is -2.04. The van der Waals surface area contributed by atoms with Crippen LogP contribution in [0, 0.1) is 0 Å². The lowest BCUT2D eigenvalue weighted by Gasteiger charge is -2.08. The van der Waals surface area contributed by atoms with Crippen LogP contribution in [0.2, 0.25) is 0 Å². The van der Waals surface area contributed by atoms with Crippen LogP contribution >= 0.6 is 0 Å². The minimum Gasteiger partial charge on any atom is -0.329 e. The van der Waals surface area contributed by atoms with Gasteiger partial charge in [-0.3, -0.25) is 4.79 Å². The van der Waals surface area contributed by atoms with Gasteiger partial charge in [0.05, 0.1) is 11.4 Å². The Balaban J connectivity index is 1.89. The minimum atomic E-state index is -0.0839. The van der Waals surface area contributed by atoms with E-state index < -0.39 is 0 Å². The van der Waals surface area contributed by atoms with E-state index in [-0.39, 0.29) is 5.56 Å². The smallest absolute Gasteiger partial charge is 0.255 e. The van der Waals surface area contributed by atoms with E-state index in [9.17, 15) is 4.79 Å². The maximum Gasteiger partial charge on any atom is 0.255 e. The zero-order valence-corrected chi connectivity index (χ0v) is 13.5. The maximum absolute atomic E-state index is 11.9. The van der Waals surface area contributed by atoms with Crippen molar-refractivity contribution < 1.29 is 0 Å². The fourth-order valence-corrected chi connectivity index (χ4v) is 2.87. The molecule has 0 radical (unpaired) electrons. The third-order valence-corrected chi connectivity index (χ3v) is 4.09. The molecular formula is C22H16N2O. The van der Waals surface area contributed by atoms with Gasteiger partial charge in [-0.1, -0.05) is 60.7 Å². The number of H-pyrrole nitrogens is 1. The molecule has 25 heavy (non-hydrogen) atoms. The molecule has 0 aliphatic rings. The summed E-state index contributed by atoms with van der Waals surface area (Å²) in [6.07, 6.45) is 1.66. The van der Waals surface area contributed by atoms with Crippen molar-refractivity contribution in [1.82, 2.24) is 4.98 Å². The second-order valence-corrected chi connectivity index (χ2v) is 5.77. The van der Waals surface area contributed by atoms with Gasteiger partial charge in [-0.15, -0.1) is 0 Å². The van der Waals surface area contributed by atoms with Gasteiger partial charge >= 0.3 is 0 Å². The summed E-state index contributed by atoms with van der Waals surface area (Å²) in [5, 5.41) is 1.55. The Hall–Kier alpha value is -3.46. The number of fused-ring (bicyclic) bond motifs is 1. The van der Waals surface area contributed by atoms with Crippen molar-refractivity contribution in [1.29, 1.82) is 0 Å². The highest BCUT2D eigenvalue weighted by molar-refractivity contribution is 6.14. The van der Waals surface area contributed by atoms with E-state index >= 15 is 0 Å². The molecule has 1 heterocycles. The SMILES string of the molecule is O=c1[nH]ccc2cc(N=C(c3ccccc3)c3ccccc3)ccc12. The summed E-state index contributed by atoms with van der Waals surface area (Å²) in [4.78, 5) is 19.4. The normalized spacial score (nSPS) is 10.6. The summed E-state index contributed by atoms with van der Waals surface area (Å²) in [6.45, 7) is 0. The van der Waals surface area contributed by atoms with E-state index in [1.807, 2.05) is 60.7 Å². The van der Waals surface area contributed by atoms with Crippen molar-refractivity contribution in [3.8, 4) is 0 Å². The van der Waals surface area contributed by atoms with Gasteiger partial charge in [-0.05, 0) is 29.7 Å². The number of hydrogen-bond acceptors (Lipinski definition) is 2. The molecule has 3 nitrogen and oxygen atoms in total. The Kier molecular flexibility index (Phi) is 3.97.